The van der Waals surface area contributed by atoms with Crippen LogP contribution in [0.25, 0.3) is 0 Å². The normalized spacial score (nSPS) is 16.7. The van der Waals surface area contributed by atoms with Crippen molar-refractivity contribution in [2.24, 2.45) is 0 Å². The second-order valence-corrected chi connectivity index (χ2v) is 6.91. The second-order valence-electron chi connectivity index (χ2n) is 4.38. The van der Waals surface area contributed by atoms with Gasteiger partial charge in [0.1, 0.15) is 11.0 Å². The lowest BCUT2D eigenvalue weighted by Crippen LogP contribution is -2.26. The van der Waals surface area contributed by atoms with Gasteiger partial charge in [0.25, 0.3) is 14.7 Å². The van der Waals surface area contributed by atoms with Crippen molar-refractivity contribution in [2.45, 2.75) is 23.8 Å². The summed E-state index contributed by atoms with van der Waals surface area (Å²) in [5, 5.41) is 10.7. The SMILES string of the molecule is O=[N+]([O-])c1cc(F)c(OC2CCOCC2)c(S(=O)(=O)Cl)c1. The summed E-state index contributed by atoms with van der Waals surface area (Å²) in [5.41, 5.74) is -0.717. The van der Waals surface area contributed by atoms with E-state index in [4.69, 9.17) is 20.2 Å². The summed E-state index contributed by atoms with van der Waals surface area (Å²) in [5.74, 6) is -1.74. The predicted octanol–water partition coefficient (Wildman–Crippen LogP) is 2.22. The number of ether oxygens (including phenoxy) is 2. The molecular weight excluding hydrogens is 329 g/mol. The quantitative estimate of drug-likeness (QED) is 0.474. The van der Waals surface area contributed by atoms with Crippen molar-refractivity contribution < 1.29 is 27.2 Å². The maximum absolute atomic E-state index is 14.0. The van der Waals surface area contributed by atoms with Crippen molar-refractivity contribution in [1.82, 2.24) is 0 Å². The molecule has 0 atom stereocenters. The smallest absolute Gasteiger partial charge is 0.273 e. The Balaban J connectivity index is 2.45. The number of nitrogens with zero attached hydrogens (tertiary/aromatic N) is 1. The van der Waals surface area contributed by atoms with Crippen LogP contribution in [0.2, 0.25) is 0 Å². The van der Waals surface area contributed by atoms with Gasteiger partial charge in [0.2, 0.25) is 0 Å². The first kappa shape index (κ1) is 15.9. The standard InChI is InChI=1S/C11H11ClFNO6S/c12-21(17,18)10-6-7(14(15)16)5-9(13)11(10)20-8-1-3-19-4-2-8/h5-6,8H,1-4H2. The number of rotatable bonds is 4. The van der Waals surface area contributed by atoms with E-state index < -0.39 is 42.2 Å². The largest absolute Gasteiger partial charge is 0.486 e. The van der Waals surface area contributed by atoms with Gasteiger partial charge in [0.15, 0.2) is 11.6 Å². The number of hydrogen-bond donors (Lipinski definition) is 0. The zero-order valence-corrected chi connectivity index (χ0v) is 12.2. The van der Waals surface area contributed by atoms with Gasteiger partial charge in [-0.05, 0) is 0 Å². The fourth-order valence-electron chi connectivity index (χ4n) is 1.92. The first-order chi connectivity index (χ1) is 9.79. The fraction of sp³-hybridized carbons (Fsp3) is 0.455. The molecule has 1 aliphatic heterocycles. The van der Waals surface area contributed by atoms with Crippen LogP contribution in [0.1, 0.15) is 12.8 Å². The average molecular weight is 340 g/mol. The molecule has 0 saturated carbocycles. The van der Waals surface area contributed by atoms with Gasteiger partial charge in [-0.25, -0.2) is 12.8 Å². The van der Waals surface area contributed by atoms with E-state index in [1.807, 2.05) is 0 Å². The number of benzene rings is 1. The molecule has 2 rings (SSSR count). The summed E-state index contributed by atoms with van der Waals surface area (Å²) < 4.78 is 47.4. The van der Waals surface area contributed by atoms with E-state index in [1.54, 1.807) is 0 Å². The highest BCUT2D eigenvalue weighted by molar-refractivity contribution is 8.13. The van der Waals surface area contributed by atoms with Crippen molar-refractivity contribution >= 4 is 25.4 Å². The molecule has 21 heavy (non-hydrogen) atoms. The first-order valence-electron chi connectivity index (χ1n) is 5.96. The maximum Gasteiger partial charge on any atom is 0.273 e. The van der Waals surface area contributed by atoms with E-state index in [-0.39, 0.29) is 0 Å². The number of halogens is 2. The second kappa shape index (κ2) is 6.12. The molecule has 1 aliphatic rings. The predicted molar refractivity (Wildman–Crippen MR) is 70.6 cm³/mol. The molecule has 0 amide bonds. The number of hydrogen-bond acceptors (Lipinski definition) is 6. The molecule has 116 valence electrons. The Morgan fingerprint density at radius 1 is 1.38 bits per heavy atom. The van der Waals surface area contributed by atoms with Gasteiger partial charge >= 0.3 is 0 Å². The summed E-state index contributed by atoms with van der Waals surface area (Å²) in [7, 11) is 0.817. The van der Waals surface area contributed by atoms with Crippen LogP contribution in [0.15, 0.2) is 17.0 Å². The van der Waals surface area contributed by atoms with E-state index in [1.165, 1.54) is 0 Å². The monoisotopic (exact) mass is 339 g/mol. The molecule has 1 aromatic rings. The summed E-state index contributed by atoms with van der Waals surface area (Å²) in [4.78, 5) is 9.02. The van der Waals surface area contributed by atoms with Crippen LogP contribution in [0.3, 0.4) is 0 Å². The van der Waals surface area contributed by atoms with Gasteiger partial charge < -0.3 is 9.47 Å². The summed E-state index contributed by atoms with van der Waals surface area (Å²) in [6, 6.07) is 1.28. The number of nitro benzene ring substituents is 1. The summed E-state index contributed by atoms with van der Waals surface area (Å²) >= 11 is 0. The summed E-state index contributed by atoms with van der Waals surface area (Å²) in [6.07, 6.45) is 0.475. The Bertz CT molecular complexity index is 659. The maximum atomic E-state index is 14.0. The molecule has 1 heterocycles. The van der Waals surface area contributed by atoms with Crippen LogP contribution in [0.5, 0.6) is 5.75 Å². The van der Waals surface area contributed by atoms with Crippen molar-refractivity contribution in [1.29, 1.82) is 0 Å². The third kappa shape index (κ3) is 3.80. The van der Waals surface area contributed by atoms with E-state index in [9.17, 15) is 22.9 Å². The molecule has 10 heteroatoms. The molecule has 0 radical (unpaired) electrons. The minimum atomic E-state index is -4.39. The van der Waals surface area contributed by atoms with E-state index >= 15 is 0 Å². The van der Waals surface area contributed by atoms with Gasteiger partial charge in [0, 0.05) is 29.6 Å². The Morgan fingerprint density at radius 3 is 2.52 bits per heavy atom. The van der Waals surface area contributed by atoms with Crippen molar-refractivity contribution in [3.8, 4) is 5.75 Å². The highest BCUT2D eigenvalue weighted by Crippen LogP contribution is 2.35. The molecule has 0 spiro atoms. The zero-order chi connectivity index (χ0) is 15.6. The van der Waals surface area contributed by atoms with Gasteiger partial charge in [-0.1, -0.05) is 0 Å². The minimum Gasteiger partial charge on any atom is -0.486 e. The number of non-ortho nitro benzene ring substituents is 1. The van der Waals surface area contributed by atoms with Gasteiger partial charge in [-0.2, -0.15) is 0 Å². The Hall–Kier alpha value is -1.45. The molecule has 0 bridgehead atoms. The Kier molecular flexibility index (Phi) is 4.64. The van der Waals surface area contributed by atoms with Gasteiger partial charge in [-0.3, -0.25) is 10.1 Å². The highest BCUT2D eigenvalue weighted by Gasteiger charge is 2.28. The van der Waals surface area contributed by atoms with Gasteiger partial charge in [-0.15, -0.1) is 0 Å². The Labute approximate surface area is 124 Å². The molecule has 0 N–H and O–H groups in total. The average Bonchev–Trinajstić information content (AvgIpc) is 2.40. The molecule has 0 unspecified atom stereocenters. The van der Waals surface area contributed by atoms with E-state index in [0.29, 0.717) is 38.2 Å². The van der Waals surface area contributed by atoms with Crippen LogP contribution >= 0.6 is 10.7 Å². The molecule has 0 aliphatic carbocycles. The molecular formula is C11H11ClFNO6S. The van der Waals surface area contributed by atoms with Crippen LogP contribution in [-0.4, -0.2) is 32.7 Å². The Morgan fingerprint density at radius 2 is 2.00 bits per heavy atom. The molecule has 1 saturated heterocycles. The molecule has 1 fully saturated rings. The fourth-order valence-corrected chi connectivity index (χ4v) is 2.89. The van der Waals surface area contributed by atoms with Crippen molar-refractivity contribution in [2.75, 3.05) is 13.2 Å². The van der Waals surface area contributed by atoms with E-state index in [0.717, 1.165) is 0 Å². The topological polar surface area (TPSA) is 95.7 Å². The lowest BCUT2D eigenvalue weighted by molar-refractivity contribution is -0.385. The van der Waals surface area contributed by atoms with Crippen LogP contribution in [0.4, 0.5) is 10.1 Å². The van der Waals surface area contributed by atoms with Crippen LogP contribution in [0, 0.1) is 15.9 Å². The highest BCUT2D eigenvalue weighted by atomic mass is 35.7. The zero-order valence-electron chi connectivity index (χ0n) is 10.6. The van der Waals surface area contributed by atoms with E-state index in [2.05, 4.69) is 0 Å². The van der Waals surface area contributed by atoms with Gasteiger partial charge in [0.05, 0.1) is 24.2 Å². The van der Waals surface area contributed by atoms with Crippen LogP contribution < -0.4 is 4.74 Å². The van der Waals surface area contributed by atoms with Crippen molar-refractivity contribution in [3.05, 3.63) is 28.1 Å². The third-order valence-electron chi connectivity index (χ3n) is 2.92. The molecule has 0 aromatic heterocycles. The summed E-state index contributed by atoms with van der Waals surface area (Å²) in [6.45, 7) is 0.810. The lowest BCUT2D eigenvalue weighted by Gasteiger charge is -2.24. The molecule has 1 aromatic carbocycles. The first-order valence-corrected chi connectivity index (χ1v) is 8.27. The lowest BCUT2D eigenvalue weighted by atomic mass is 10.1. The number of nitro groups is 1. The molecule has 7 nitrogen and oxygen atoms in total. The van der Waals surface area contributed by atoms with Crippen molar-refractivity contribution in [3.63, 3.8) is 0 Å². The minimum absolute atomic E-state index is 0.405. The third-order valence-corrected chi connectivity index (χ3v) is 4.25. The van der Waals surface area contributed by atoms with Crippen LogP contribution in [-0.2, 0) is 13.8 Å².